The summed E-state index contributed by atoms with van der Waals surface area (Å²) in [5.74, 6) is 0.236. The molecule has 0 aliphatic carbocycles. The molecule has 26 heavy (non-hydrogen) atoms. The summed E-state index contributed by atoms with van der Waals surface area (Å²) in [6.45, 7) is 7.27. The molecule has 2 N–H and O–H groups in total. The number of amidine groups is 1. The van der Waals surface area contributed by atoms with Gasteiger partial charge in [0.25, 0.3) is 0 Å². The molecule has 1 aromatic carbocycles. The van der Waals surface area contributed by atoms with Crippen molar-refractivity contribution in [3.63, 3.8) is 0 Å². The summed E-state index contributed by atoms with van der Waals surface area (Å²) in [6, 6.07) is 8.58. The molecule has 0 unspecified atom stereocenters. The molecular weight excluding hydrogens is 334 g/mol. The number of hydroxylamine groups is 3. The summed E-state index contributed by atoms with van der Waals surface area (Å²) < 4.78 is 2.18. The van der Waals surface area contributed by atoms with Crippen LogP contribution in [0, 0.1) is 5.21 Å². The molecule has 3 rings (SSSR count). The van der Waals surface area contributed by atoms with Crippen LogP contribution >= 0.6 is 0 Å². The fourth-order valence-electron chi connectivity index (χ4n) is 2.91. The van der Waals surface area contributed by atoms with E-state index >= 15 is 0 Å². The van der Waals surface area contributed by atoms with Crippen molar-refractivity contribution in [3.8, 4) is 0 Å². The number of anilines is 1. The predicted molar refractivity (Wildman–Crippen MR) is 96.9 cm³/mol. The Hall–Kier alpha value is -2.87. The quantitative estimate of drug-likeness (QED) is 0.659. The van der Waals surface area contributed by atoms with E-state index in [0.29, 0.717) is 5.56 Å². The molecular formula is C18H22N5O3. The standard InChI is InChI=1S/C18H22N5O3/c1-17(2)18(3,4)23(26)15(22(17)25)13-7-5-6-12(10-13)11-21-9-8-14(19)20-16(21)24/h5-10H,11H2,1-4H3,(H2,19,20,24). The van der Waals surface area contributed by atoms with Crippen LogP contribution in [0.3, 0.4) is 0 Å². The minimum absolute atomic E-state index is 0.0737. The minimum atomic E-state index is -0.877. The van der Waals surface area contributed by atoms with Gasteiger partial charge in [0.05, 0.1) is 12.1 Å². The van der Waals surface area contributed by atoms with Crippen LogP contribution in [0.25, 0.3) is 0 Å². The molecule has 1 aliphatic rings. The second-order valence-corrected chi connectivity index (χ2v) is 7.49. The van der Waals surface area contributed by atoms with Gasteiger partial charge in [-0.3, -0.25) is 9.31 Å². The summed E-state index contributed by atoms with van der Waals surface area (Å²) >= 11 is 0. The highest BCUT2D eigenvalue weighted by Crippen LogP contribution is 2.37. The van der Waals surface area contributed by atoms with Gasteiger partial charge in [-0.25, -0.2) is 4.79 Å². The van der Waals surface area contributed by atoms with Crippen LogP contribution in [0.2, 0.25) is 0 Å². The van der Waals surface area contributed by atoms with Crippen LogP contribution in [0.15, 0.2) is 41.3 Å². The first-order valence-corrected chi connectivity index (χ1v) is 8.29. The van der Waals surface area contributed by atoms with Crippen LogP contribution in [-0.2, 0) is 11.8 Å². The van der Waals surface area contributed by atoms with Gasteiger partial charge in [0.2, 0.25) is 0 Å². The number of nitrogens with two attached hydrogens (primary N) is 1. The largest absolute Gasteiger partial charge is 0.714 e. The zero-order chi connectivity index (χ0) is 19.3. The number of benzene rings is 1. The summed E-state index contributed by atoms with van der Waals surface area (Å²) in [5, 5.41) is 26.3. The Morgan fingerprint density at radius 1 is 1.23 bits per heavy atom. The van der Waals surface area contributed by atoms with E-state index in [9.17, 15) is 15.2 Å². The second kappa shape index (κ2) is 5.84. The number of aromatic nitrogens is 2. The topological polar surface area (TPSA) is 110 Å². The summed E-state index contributed by atoms with van der Waals surface area (Å²) in [4.78, 5) is 15.6. The summed E-state index contributed by atoms with van der Waals surface area (Å²) in [5.41, 5.74) is 4.58. The Labute approximate surface area is 151 Å². The molecule has 2 heterocycles. The van der Waals surface area contributed by atoms with Gasteiger partial charge in [0.15, 0.2) is 5.54 Å². The highest BCUT2D eigenvalue weighted by molar-refractivity contribution is 5.96. The Balaban J connectivity index is 2.00. The van der Waals surface area contributed by atoms with Gasteiger partial charge in [-0.15, -0.1) is 0 Å². The van der Waals surface area contributed by atoms with Gasteiger partial charge in [0, 0.05) is 11.4 Å². The number of hydrogen-bond donors (Lipinski definition) is 1. The Bertz CT molecular complexity index is 946. The lowest BCUT2D eigenvalue weighted by molar-refractivity contribution is -0.539. The highest BCUT2D eigenvalue weighted by Gasteiger charge is 2.59. The van der Waals surface area contributed by atoms with Crippen molar-refractivity contribution in [2.45, 2.75) is 45.3 Å². The molecule has 0 bridgehead atoms. The molecule has 1 radical (unpaired) electrons. The second-order valence-electron chi connectivity index (χ2n) is 7.49. The van der Waals surface area contributed by atoms with Crippen LogP contribution < -0.4 is 11.4 Å². The smallest absolute Gasteiger partial charge is 0.349 e. The molecule has 2 aromatic rings. The van der Waals surface area contributed by atoms with Crippen LogP contribution in [0.1, 0.15) is 38.8 Å². The molecule has 1 aliphatic heterocycles. The maximum absolute atomic E-state index is 12.8. The lowest BCUT2D eigenvalue weighted by atomic mass is 9.84. The first-order valence-electron chi connectivity index (χ1n) is 8.29. The van der Waals surface area contributed by atoms with Crippen molar-refractivity contribution in [1.29, 1.82) is 0 Å². The number of hydrogen-bond acceptors (Lipinski definition) is 5. The van der Waals surface area contributed by atoms with Crippen LogP contribution in [0.4, 0.5) is 5.82 Å². The molecule has 0 fully saturated rings. The molecule has 0 spiro atoms. The highest BCUT2D eigenvalue weighted by atomic mass is 16.5. The van der Waals surface area contributed by atoms with Gasteiger partial charge < -0.3 is 10.9 Å². The molecule has 1 aromatic heterocycles. The van der Waals surface area contributed by atoms with Gasteiger partial charge in [-0.1, -0.05) is 17.2 Å². The van der Waals surface area contributed by atoms with E-state index in [-0.39, 0.29) is 18.2 Å². The van der Waals surface area contributed by atoms with Crippen molar-refractivity contribution >= 4 is 11.7 Å². The summed E-state index contributed by atoms with van der Waals surface area (Å²) in [7, 11) is 0. The third kappa shape index (κ3) is 2.62. The average Bonchev–Trinajstić information content (AvgIpc) is 2.68. The van der Waals surface area contributed by atoms with E-state index in [0.717, 1.165) is 15.4 Å². The molecule has 8 heteroatoms. The maximum atomic E-state index is 12.8. The van der Waals surface area contributed by atoms with Crippen molar-refractivity contribution in [3.05, 3.63) is 63.3 Å². The molecule has 0 saturated heterocycles. The number of nitrogen functional groups attached to an aromatic ring is 1. The Kier molecular flexibility index (Phi) is 4.03. The van der Waals surface area contributed by atoms with E-state index in [4.69, 9.17) is 5.73 Å². The van der Waals surface area contributed by atoms with Crippen LogP contribution in [0.5, 0.6) is 0 Å². The molecule has 8 nitrogen and oxygen atoms in total. The fourth-order valence-corrected chi connectivity index (χ4v) is 2.91. The van der Waals surface area contributed by atoms with Crippen molar-refractivity contribution in [2.24, 2.45) is 0 Å². The lowest BCUT2D eigenvalue weighted by Crippen LogP contribution is -2.53. The monoisotopic (exact) mass is 356 g/mol. The van der Waals surface area contributed by atoms with Crippen molar-refractivity contribution in [1.82, 2.24) is 14.6 Å². The first-order chi connectivity index (χ1) is 12.1. The van der Waals surface area contributed by atoms with Gasteiger partial charge >= 0.3 is 11.5 Å². The Morgan fingerprint density at radius 3 is 2.50 bits per heavy atom. The minimum Gasteiger partial charge on any atom is -0.714 e. The molecule has 0 atom stereocenters. The third-order valence-corrected chi connectivity index (χ3v) is 5.33. The van der Waals surface area contributed by atoms with E-state index in [2.05, 4.69) is 4.98 Å². The van der Waals surface area contributed by atoms with Gasteiger partial charge in [-0.2, -0.15) is 4.98 Å². The van der Waals surface area contributed by atoms with E-state index in [1.165, 1.54) is 4.57 Å². The number of nitrogens with zero attached hydrogens (tertiary/aromatic N) is 4. The maximum Gasteiger partial charge on any atom is 0.349 e. The Morgan fingerprint density at radius 2 is 1.92 bits per heavy atom. The van der Waals surface area contributed by atoms with Crippen molar-refractivity contribution in [2.75, 3.05) is 5.73 Å². The normalized spacial score (nSPS) is 18.4. The fraction of sp³-hybridized carbons (Fsp3) is 0.389. The van der Waals surface area contributed by atoms with Crippen molar-refractivity contribution < 1.29 is 9.95 Å². The summed E-state index contributed by atoms with van der Waals surface area (Å²) in [6.07, 6.45) is 1.56. The van der Waals surface area contributed by atoms with Gasteiger partial charge in [-0.05, 0) is 51.5 Å². The van der Waals surface area contributed by atoms with E-state index < -0.39 is 16.8 Å². The molecule has 0 saturated carbocycles. The predicted octanol–water partition coefficient (Wildman–Crippen LogP) is 1.35. The number of rotatable bonds is 3. The van der Waals surface area contributed by atoms with E-state index in [1.54, 1.807) is 58.2 Å². The third-order valence-electron chi connectivity index (χ3n) is 5.33. The van der Waals surface area contributed by atoms with Gasteiger partial charge in [0.1, 0.15) is 11.4 Å². The van der Waals surface area contributed by atoms with E-state index in [1.807, 2.05) is 6.07 Å². The van der Waals surface area contributed by atoms with Crippen LogP contribution in [-0.4, -0.2) is 36.3 Å². The zero-order valence-electron chi connectivity index (χ0n) is 15.3. The lowest BCUT2D eigenvalue weighted by Gasteiger charge is -2.32. The SMILES string of the molecule is CC1(C)N([O])C(c2cccc(Cn3ccc(N)nc3=O)c2)=[N+]([O-])C1(C)C. The molecule has 0 amide bonds. The average molecular weight is 356 g/mol. The zero-order valence-corrected chi connectivity index (χ0v) is 15.3. The first kappa shape index (κ1) is 17.9. The molecule has 137 valence electrons.